The number of carbonyl (C=O) groups excluding carboxylic acids is 1. The molecule has 29 heavy (non-hydrogen) atoms. The van der Waals surface area contributed by atoms with Crippen molar-refractivity contribution in [3.05, 3.63) is 35.4 Å². The molecular weight excluding hydrogens is 368 g/mol. The highest BCUT2D eigenvalue weighted by molar-refractivity contribution is 5.78. The molecule has 1 spiro atoms. The number of rotatable bonds is 3. The van der Waals surface area contributed by atoms with E-state index in [1.807, 2.05) is 31.9 Å². The number of benzene rings is 1. The van der Waals surface area contributed by atoms with E-state index in [2.05, 4.69) is 23.1 Å². The molecule has 3 aliphatic heterocycles. The number of hydrogen-bond acceptors (Lipinski definition) is 6. The molecule has 6 atom stereocenters. The van der Waals surface area contributed by atoms with Crippen LogP contribution in [0.25, 0.3) is 0 Å². The smallest absolute Gasteiger partial charge is 0.167 e. The molecular formula is C23H30N2O4. The summed E-state index contributed by atoms with van der Waals surface area (Å²) in [5.41, 5.74) is 0.222. The number of methoxy groups -OCH3 is 1. The lowest BCUT2D eigenvalue weighted by atomic mass is 9.48. The van der Waals surface area contributed by atoms with Crippen molar-refractivity contribution in [3.8, 4) is 5.75 Å². The third kappa shape index (κ3) is 1.91. The molecule has 156 valence electrons. The number of carbonyl (C=O) groups is 1. The molecule has 5 rings (SSSR count). The van der Waals surface area contributed by atoms with Gasteiger partial charge in [0.15, 0.2) is 11.9 Å². The molecule has 6 nitrogen and oxygen atoms in total. The summed E-state index contributed by atoms with van der Waals surface area (Å²) in [5, 5.41) is 23.3. The second-order valence-electron chi connectivity index (χ2n) is 9.32. The molecule has 1 saturated carbocycles. The quantitative estimate of drug-likeness (QED) is 0.592. The first-order chi connectivity index (χ1) is 13.8. The Morgan fingerprint density at radius 2 is 2.10 bits per heavy atom. The van der Waals surface area contributed by atoms with E-state index < -0.39 is 28.6 Å². The van der Waals surface area contributed by atoms with E-state index in [1.165, 1.54) is 0 Å². The average molecular weight is 399 g/mol. The maximum atomic E-state index is 12.4. The third-order valence-electron chi connectivity index (χ3n) is 8.40. The number of fused-ring (bicyclic) bond motifs is 1. The van der Waals surface area contributed by atoms with E-state index in [4.69, 9.17) is 4.74 Å². The predicted octanol–water partition coefficient (Wildman–Crippen LogP) is 1.40. The second-order valence-corrected chi connectivity index (χ2v) is 9.32. The summed E-state index contributed by atoms with van der Waals surface area (Å²) in [6, 6.07) is 3.70. The number of anilines is 1. The molecule has 4 aliphatic rings. The maximum absolute atomic E-state index is 12.4. The Morgan fingerprint density at radius 1 is 1.34 bits per heavy atom. The Morgan fingerprint density at radius 3 is 2.76 bits per heavy atom. The van der Waals surface area contributed by atoms with Crippen LogP contribution in [0.1, 0.15) is 30.9 Å². The van der Waals surface area contributed by atoms with E-state index >= 15 is 0 Å². The molecule has 3 heterocycles. The van der Waals surface area contributed by atoms with E-state index in [9.17, 15) is 15.0 Å². The van der Waals surface area contributed by atoms with Crippen molar-refractivity contribution in [2.75, 3.05) is 32.1 Å². The topological polar surface area (TPSA) is 73.2 Å². The fourth-order valence-electron chi connectivity index (χ4n) is 7.37. The fraction of sp³-hybridized carbons (Fsp3) is 0.609. The lowest BCUT2D eigenvalue weighted by molar-refractivity contribution is -0.193. The van der Waals surface area contributed by atoms with Gasteiger partial charge >= 0.3 is 0 Å². The monoisotopic (exact) mass is 398 g/mol. The number of aldehydes is 1. The molecule has 2 N–H and O–H groups in total. The number of likely N-dealkylation sites (N-methyl/N-ethyl adjacent to an activating group) is 1. The van der Waals surface area contributed by atoms with Gasteiger partial charge in [-0.05, 0) is 43.5 Å². The van der Waals surface area contributed by atoms with Gasteiger partial charge in [0.2, 0.25) is 0 Å². The number of aliphatic hydroxyl groups excluding tert-OH is 1. The molecule has 1 aromatic rings. The predicted molar refractivity (Wildman–Crippen MR) is 110 cm³/mol. The van der Waals surface area contributed by atoms with Gasteiger partial charge in [0.05, 0.1) is 13.2 Å². The highest BCUT2D eigenvalue weighted by Gasteiger charge is 2.76. The fourth-order valence-corrected chi connectivity index (χ4v) is 7.37. The molecule has 6 heteroatoms. The Balaban J connectivity index is 1.86. The largest absolute Gasteiger partial charge is 0.496 e. The first-order valence-corrected chi connectivity index (χ1v) is 10.5. The zero-order valence-electron chi connectivity index (χ0n) is 17.6. The molecule has 0 bridgehead atoms. The molecule has 0 radical (unpaired) electrons. The normalized spacial score (nSPS) is 42.4. The number of nitrogens with zero attached hydrogens (tertiary/aromatic N) is 2. The molecule has 1 saturated heterocycles. The van der Waals surface area contributed by atoms with Crippen LogP contribution >= 0.6 is 0 Å². The van der Waals surface area contributed by atoms with Crippen molar-refractivity contribution in [1.82, 2.24) is 4.90 Å². The highest BCUT2D eigenvalue weighted by Crippen LogP contribution is 2.66. The van der Waals surface area contributed by atoms with Crippen LogP contribution in [0.3, 0.4) is 0 Å². The Hall–Kier alpha value is -1.89. The van der Waals surface area contributed by atoms with Crippen molar-refractivity contribution in [2.24, 2.45) is 5.41 Å². The van der Waals surface area contributed by atoms with Gasteiger partial charge in [-0.1, -0.05) is 19.1 Å². The second kappa shape index (κ2) is 5.84. The molecule has 0 amide bonds. The van der Waals surface area contributed by atoms with Crippen molar-refractivity contribution in [2.45, 2.75) is 55.9 Å². The van der Waals surface area contributed by atoms with Gasteiger partial charge in [-0.2, -0.15) is 0 Å². The number of aliphatic hydroxyl groups is 2. The van der Waals surface area contributed by atoms with E-state index in [-0.39, 0.29) is 6.04 Å². The van der Waals surface area contributed by atoms with Gasteiger partial charge in [-0.3, -0.25) is 9.69 Å². The number of hydrogen-bond donors (Lipinski definition) is 2. The number of ether oxygens (including phenoxy) is 1. The maximum Gasteiger partial charge on any atom is 0.167 e. The van der Waals surface area contributed by atoms with Gasteiger partial charge in [0, 0.05) is 42.2 Å². The Labute approximate surface area is 171 Å². The minimum atomic E-state index is -1.86. The Kier molecular flexibility index (Phi) is 3.84. The molecule has 1 aromatic carbocycles. The number of aryl methyl sites for hydroxylation is 1. The average Bonchev–Trinajstić information content (AvgIpc) is 3.23. The lowest BCUT2D eigenvalue weighted by Crippen LogP contribution is -2.79. The van der Waals surface area contributed by atoms with E-state index in [1.54, 1.807) is 7.11 Å². The summed E-state index contributed by atoms with van der Waals surface area (Å²) < 4.78 is 5.57. The van der Waals surface area contributed by atoms with Crippen LogP contribution in [0.15, 0.2) is 24.3 Å². The zero-order chi connectivity index (χ0) is 20.8. The van der Waals surface area contributed by atoms with Crippen LogP contribution in [-0.2, 0) is 10.2 Å². The van der Waals surface area contributed by atoms with Crippen molar-refractivity contribution >= 4 is 12.0 Å². The first-order valence-electron chi connectivity index (χ1n) is 10.5. The molecule has 1 aliphatic carbocycles. The van der Waals surface area contributed by atoms with Gasteiger partial charge in [-0.25, -0.2) is 0 Å². The molecule has 3 unspecified atom stereocenters. The van der Waals surface area contributed by atoms with Crippen molar-refractivity contribution in [3.63, 3.8) is 0 Å². The molecule has 0 aromatic heterocycles. The third-order valence-corrected chi connectivity index (χ3v) is 8.40. The van der Waals surface area contributed by atoms with Gasteiger partial charge in [-0.15, -0.1) is 0 Å². The van der Waals surface area contributed by atoms with Crippen LogP contribution in [0.5, 0.6) is 5.75 Å². The minimum absolute atomic E-state index is 0.0294. The SMILES string of the molecule is CC[C@]12C=CCN3CCC4(c5cc(C)c(OC)cc5N(C)C4[C@@](O)(C=O)[C@@H]1O)C32. The zero-order valence-corrected chi connectivity index (χ0v) is 17.6. The van der Waals surface area contributed by atoms with Gasteiger partial charge in [0.1, 0.15) is 11.9 Å². The van der Waals surface area contributed by atoms with Crippen LogP contribution in [0, 0.1) is 12.3 Å². The summed E-state index contributed by atoms with van der Waals surface area (Å²) in [4.78, 5) is 16.9. The Bertz CT molecular complexity index is 916. The van der Waals surface area contributed by atoms with Gasteiger partial charge in [0.25, 0.3) is 0 Å². The van der Waals surface area contributed by atoms with Crippen LogP contribution < -0.4 is 9.64 Å². The minimum Gasteiger partial charge on any atom is -0.496 e. The van der Waals surface area contributed by atoms with E-state index in [0.29, 0.717) is 12.7 Å². The summed E-state index contributed by atoms with van der Waals surface area (Å²) in [6.45, 7) is 5.80. The lowest BCUT2D eigenvalue weighted by Gasteiger charge is -2.62. The van der Waals surface area contributed by atoms with Crippen LogP contribution in [0.2, 0.25) is 0 Å². The summed E-state index contributed by atoms with van der Waals surface area (Å²) in [6.07, 6.45) is 5.09. The molecule has 2 fully saturated rings. The van der Waals surface area contributed by atoms with Crippen molar-refractivity contribution in [1.29, 1.82) is 0 Å². The van der Waals surface area contributed by atoms with Crippen LogP contribution in [-0.4, -0.2) is 72.4 Å². The summed E-state index contributed by atoms with van der Waals surface area (Å²) >= 11 is 0. The van der Waals surface area contributed by atoms with Crippen LogP contribution in [0.4, 0.5) is 5.69 Å². The first kappa shape index (κ1) is 19.1. The summed E-state index contributed by atoms with van der Waals surface area (Å²) in [5.74, 6) is 0.793. The van der Waals surface area contributed by atoms with Gasteiger partial charge < -0.3 is 19.8 Å². The standard InChI is InChI=1S/C23H30N2O4/c1-5-21-7-6-9-25-10-8-22(18(21)25)15-11-14(2)17(29-4)12-16(15)24(3)19(22)23(28,13-26)20(21)27/h6-7,11-13,18-20,27-28H,5,8-10H2,1-4H3/t18?,19?,20-,21-,22?,23+/m1/s1. The van der Waals surface area contributed by atoms with Crippen molar-refractivity contribution < 1.29 is 19.7 Å². The summed E-state index contributed by atoms with van der Waals surface area (Å²) in [7, 11) is 3.58. The van der Waals surface area contributed by atoms with E-state index in [0.717, 1.165) is 42.1 Å². The highest BCUT2D eigenvalue weighted by atomic mass is 16.5.